The van der Waals surface area contributed by atoms with Gasteiger partial charge >= 0.3 is 0 Å². The molecule has 54 valence electrons. The van der Waals surface area contributed by atoms with Crippen molar-refractivity contribution in [2.75, 3.05) is 19.7 Å². The Balaban J connectivity index is 2.37. The molecule has 0 saturated carbocycles. The van der Waals surface area contributed by atoms with Crippen LogP contribution in [-0.4, -0.2) is 30.5 Å². The molecule has 2 nitrogen and oxygen atoms in total. The van der Waals surface area contributed by atoms with Crippen molar-refractivity contribution in [1.82, 2.24) is 5.32 Å². The van der Waals surface area contributed by atoms with Gasteiger partial charge in [0.05, 0.1) is 6.61 Å². The molecule has 1 aliphatic heterocycles. The summed E-state index contributed by atoms with van der Waals surface area (Å²) in [6.07, 6.45) is 1.33. The highest BCUT2D eigenvalue weighted by Crippen LogP contribution is 2.19. The second-order valence-electron chi connectivity index (χ2n) is 2.59. The SMILES string of the molecule is OC[C@]1(F)CCCNC1. The number of alkyl halides is 1. The molecule has 3 heteroatoms. The first kappa shape index (κ1) is 6.96. The van der Waals surface area contributed by atoms with Crippen molar-refractivity contribution in [2.45, 2.75) is 18.5 Å². The van der Waals surface area contributed by atoms with Gasteiger partial charge in [-0.2, -0.15) is 0 Å². The number of nitrogens with one attached hydrogen (secondary N) is 1. The van der Waals surface area contributed by atoms with Crippen LogP contribution in [0.25, 0.3) is 0 Å². The number of hydrogen-bond acceptors (Lipinski definition) is 2. The van der Waals surface area contributed by atoms with Crippen LogP contribution in [0, 0.1) is 0 Å². The van der Waals surface area contributed by atoms with Crippen LogP contribution in [-0.2, 0) is 0 Å². The van der Waals surface area contributed by atoms with Crippen molar-refractivity contribution in [3.8, 4) is 0 Å². The molecule has 1 heterocycles. The first-order chi connectivity index (χ1) is 4.27. The maximum Gasteiger partial charge on any atom is 0.146 e. The van der Waals surface area contributed by atoms with Crippen LogP contribution < -0.4 is 5.32 Å². The van der Waals surface area contributed by atoms with E-state index in [1.165, 1.54) is 0 Å². The van der Waals surface area contributed by atoms with Gasteiger partial charge in [-0.15, -0.1) is 0 Å². The Bertz CT molecular complexity index is 91.1. The highest BCUT2D eigenvalue weighted by Gasteiger charge is 2.30. The molecule has 1 rings (SSSR count). The molecule has 0 bridgehead atoms. The van der Waals surface area contributed by atoms with Crippen LogP contribution in [0.3, 0.4) is 0 Å². The molecule has 1 aliphatic rings. The number of hydrogen-bond donors (Lipinski definition) is 2. The topological polar surface area (TPSA) is 32.3 Å². The molecular weight excluding hydrogens is 121 g/mol. The molecule has 2 N–H and O–H groups in total. The summed E-state index contributed by atoms with van der Waals surface area (Å²) in [5, 5.41) is 11.4. The second kappa shape index (κ2) is 2.62. The lowest BCUT2D eigenvalue weighted by molar-refractivity contribution is 0.0479. The maximum atomic E-state index is 13.0. The lowest BCUT2D eigenvalue weighted by Crippen LogP contribution is -2.44. The van der Waals surface area contributed by atoms with Gasteiger partial charge in [-0.1, -0.05) is 0 Å². The molecular formula is C6H12FNO. The molecule has 0 aromatic heterocycles. The Labute approximate surface area is 54.1 Å². The zero-order valence-electron chi connectivity index (χ0n) is 5.36. The number of rotatable bonds is 1. The molecule has 1 saturated heterocycles. The van der Waals surface area contributed by atoms with Crippen LogP contribution in [0.15, 0.2) is 0 Å². The highest BCUT2D eigenvalue weighted by molar-refractivity contribution is 4.84. The summed E-state index contributed by atoms with van der Waals surface area (Å²) in [7, 11) is 0. The molecule has 9 heavy (non-hydrogen) atoms. The van der Waals surface area contributed by atoms with Crippen molar-refractivity contribution < 1.29 is 9.50 Å². The van der Waals surface area contributed by atoms with Crippen LogP contribution in [0.1, 0.15) is 12.8 Å². The third kappa shape index (κ3) is 1.63. The number of halogens is 1. The van der Waals surface area contributed by atoms with Gasteiger partial charge in [-0.25, -0.2) is 4.39 Å². The minimum Gasteiger partial charge on any atom is -0.393 e. The maximum absolute atomic E-state index is 13.0. The van der Waals surface area contributed by atoms with E-state index in [-0.39, 0.29) is 6.61 Å². The largest absolute Gasteiger partial charge is 0.393 e. The average molecular weight is 133 g/mol. The predicted molar refractivity (Wildman–Crippen MR) is 33.0 cm³/mol. The molecule has 0 spiro atoms. The van der Waals surface area contributed by atoms with Gasteiger partial charge in [0.2, 0.25) is 0 Å². The van der Waals surface area contributed by atoms with Gasteiger partial charge < -0.3 is 10.4 Å². The van der Waals surface area contributed by atoms with E-state index in [1.807, 2.05) is 0 Å². The highest BCUT2D eigenvalue weighted by atomic mass is 19.1. The van der Waals surface area contributed by atoms with Gasteiger partial charge in [0.1, 0.15) is 5.67 Å². The summed E-state index contributed by atoms with van der Waals surface area (Å²) in [6.45, 7) is 0.842. The Morgan fingerprint density at radius 3 is 2.78 bits per heavy atom. The fraction of sp³-hybridized carbons (Fsp3) is 1.00. The molecule has 1 fully saturated rings. The molecule has 0 amide bonds. The minimum absolute atomic E-state index is 0.309. The zero-order valence-corrected chi connectivity index (χ0v) is 5.36. The summed E-state index contributed by atoms with van der Waals surface area (Å²) in [4.78, 5) is 0. The van der Waals surface area contributed by atoms with Crippen molar-refractivity contribution in [3.05, 3.63) is 0 Å². The quantitative estimate of drug-likeness (QED) is 0.530. The van der Waals surface area contributed by atoms with Gasteiger partial charge in [-0.3, -0.25) is 0 Å². The fourth-order valence-electron chi connectivity index (χ4n) is 1.07. The number of aliphatic hydroxyl groups excluding tert-OH is 1. The smallest absolute Gasteiger partial charge is 0.146 e. The lowest BCUT2D eigenvalue weighted by atomic mass is 9.97. The summed E-state index contributed by atoms with van der Waals surface area (Å²) in [5.41, 5.74) is -1.34. The number of aliphatic hydroxyl groups is 1. The Morgan fingerprint density at radius 2 is 2.44 bits per heavy atom. The van der Waals surface area contributed by atoms with Gasteiger partial charge in [0.25, 0.3) is 0 Å². The lowest BCUT2D eigenvalue weighted by Gasteiger charge is -2.27. The van der Waals surface area contributed by atoms with Crippen LogP contribution >= 0.6 is 0 Å². The zero-order chi connectivity index (χ0) is 6.74. The van der Waals surface area contributed by atoms with E-state index >= 15 is 0 Å². The van der Waals surface area contributed by atoms with E-state index in [4.69, 9.17) is 5.11 Å². The standard InChI is InChI=1S/C6H12FNO/c7-6(5-9)2-1-3-8-4-6/h8-9H,1-5H2/t6-/m0/s1. The second-order valence-corrected chi connectivity index (χ2v) is 2.59. The first-order valence-electron chi connectivity index (χ1n) is 3.27. The summed E-state index contributed by atoms with van der Waals surface area (Å²) < 4.78 is 13.0. The molecule has 0 aromatic rings. The minimum atomic E-state index is -1.34. The molecule has 0 radical (unpaired) electrons. The molecule has 0 aromatic carbocycles. The molecule has 0 aliphatic carbocycles. The molecule has 0 unspecified atom stereocenters. The average Bonchev–Trinajstić information content (AvgIpc) is 1.90. The van der Waals surface area contributed by atoms with E-state index in [9.17, 15) is 4.39 Å². The Morgan fingerprint density at radius 1 is 1.67 bits per heavy atom. The van der Waals surface area contributed by atoms with Crippen molar-refractivity contribution in [1.29, 1.82) is 0 Å². The van der Waals surface area contributed by atoms with Crippen LogP contribution in [0.2, 0.25) is 0 Å². The van der Waals surface area contributed by atoms with Crippen LogP contribution in [0.5, 0.6) is 0 Å². The first-order valence-corrected chi connectivity index (χ1v) is 3.27. The summed E-state index contributed by atoms with van der Waals surface area (Å²) in [5.74, 6) is 0. The predicted octanol–water partition coefficient (Wildman–Crippen LogP) is 0.0704. The van der Waals surface area contributed by atoms with E-state index in [2.05, 4.69) is 5.32 Å². The van der Waals surface area contributed by atoms with Crippen molar-refractivity contribution >= 4 is 0 Å². The third-order valence-electron chi connectivity index (χ3n) is 1.70. The van der Waals surface area contributed by atoms with Gasteiger partial charge in [0, 0.05) is 6.54 Å². The van der Waals surface area contributed by atoms with Gasteiger partial charge in [0.15, 0.2) is 0 Å². The Kier molecular flexibility index (Phi) is 2.03. The summed E-state index contributed by atoms with van der Waals surface area (Å²) in [6, 6.07) is 0. The fourth-order valence-corrected chi connectivity index (χ4v) is 1.07. The van der Waals surface area contributed by atoms with Crippen molar-refractivity contribution in [2.24, 2.45) is 0 Å². The van der Waals surface area contributed by atoms with Crippen LogP contribution in [0.4, 0.5) is 4.39 Å². The van der Waals surface area contributed by atoms with Gasteiger partial charge in [-0.05, 0) is 19.4 Å². The monoisotopic (exact) mass is 133 g/mol. The van der Waals surface area contributed by atoms with E-state index in [1.54, 1.807) is 0 Å². The summed E-state index contributed by atoms with van der Waals surface area (Å²) >= 11 is 0. The van der Waals surface area contributed by atoms with Crippen molar-refractivity contribution in [3.63, 3.8) is 0 Å². The normalized spacial score (nSPS) is 36.7. The van der Waals surface area contributed by atoms with E-state index in [0.717, 1.165) is 13.0 Å². The Hall–Kier alpha value is -0.150. The number of piperidine rings is 1. The van der Waals surface area contributed by atoms with E-state index < -0.39 is 5.67 Å². The molecule has 1 atom stereocenters. The van der Waals surface area contributed by atoms with E-state index in [0.29, 0.717) is 13.0 Å². The third-order valence-corrected chi connectivity index (χ3v) is 1.70.